The van der Waals surface area contributed by atoms with Gasteiger partial charge in [0, 0.05) is 5.69 Å². The van der Waals surface area contributed by atoms with Crippen LogP contribution in [0, 0.1) is 0 Å². The lowest BCUT2D eigenvalue weighted by Gasteiger charge is -2.05. The summed E-state index contributed by atoms with van der Waals surface area (Å²) in [5, 5.41) is 2.83. The van der Waals surface area contributed by atoms with Gasteiger partial charge in [-0.15, -0.1) is 0 Å². The van der Waals surface area contributed by atoms with Gasteiger partial charge < -0.3 is 10.1 Å². The van der Waals surface area contributed by atoms with E-state index in [0.29, 0.717) is 5.69 Å². The number of carbonyl (C=O) groups excluding carboxylic acids is 1. The van der Waals surface area contributed by atoms with E-state index in [1.807, 2.05) is 36.4 Å². The number of rotatable bonds is 5. The summed E-state index contributed by atoms with van der Waals surface area (Å²) in [6.45, 7) is 0. The quantitative estimate of drug-likeness (QED) is 0.653. The van der Waals surface area contributed by atoms with Crippen LogP contribution in [-0.4, -0.2) is 13.0 Å². The molecule has 2 aromatic carbocycles. The second-order valence-corrected chi connectivity index (χ2v) is 4.87. The number of methoxy groups -OCH3 is 1. The first-order chi connectivity index (χ1) is 10.7. The van der Waals surface area contributed by atoms with Gasteiger partial charge in [0.2, 0.25) is 0 Å². The monoisotopic (exact) mass is 313 g/mol. The van der Waals surface area contributed by atoms with Gasteiger partial charge in [-0.2, -0.15) is 0 Å². The SMILES string of the molecule is COc1ccc(NC(=O)/C(Cl)=C/C=C/c2ccccc2)cc1. The zero-order chi connectivity index (χ0) is 15.8. The van der Waals surface area contributed by atoms with Gasteiger partial charge in [-0.1, -0.05) is 54.1 Å². The van der Waals surface area contributed by atoms with Gasteiger partial charge in [-0.05, 0) is 35.9 Å². The Morgan fingerprint density at radius 2 is 1.77 bits per heavy atom. The molecule has 1 N–H and O–H groups in total. The molecule has 0 atom stereocenters. The van der Waals surface area contributed by atoms with Gasteiger partial charge in [0.25, 0.3) is 5.91 Å². The van der Waals surface area contributed by atoms with E-state index in [2.05, 4.69) is 5.32 Å². The van der Waals surface area contributed by atoms with Gasteiger partial charge >= 0.3 is 0 Å². The number of ether oxygens (including phenoxy) is 1. The van der Waals surface area contributed by atoms with Crippen molar-refractivity contribution in [3.05, 3.63) is 77.3 Å². The summed E-state index contributed by atoms with van der Waals surface area (Å²) in [6.07, 6.45) is 5.18. The predicted molar refractivity (Wildman–Crippen MR) is 91.0 cm³/mol. The van der Waals surface area contributed by atoms with Crippen LogP contribution >= 0.6 is 11.6 Å². The molecule has 0 bridgehead atoms. The van der Waals surface area contributed by atoms with Crippen LogP contribution in [0.5, 0.6) is 5.75 Å². The van der Waals surface area contributed by atoms with Crippen molar-refractivity contribution in [1.82, 2.24) is 0 Å². The Kier molecular flexibility index (Phi) is 5.81. The Morgan fingerprint density at radius 3 is 2.41 bits per heavy atom. The zero-order valence-corrected chi connectivity index (χ0v) is 12.9. The minimum atomic E-state index is -0.357. The molecule has 0 saturated heterocycles. The fraction of sp³-hybridized carbons (Fsp3) is 0.0556. The summed E-state index contributed by atoms with van der Waals surface area (Å²) in [5.41, 5.74) is 1.70. The molecule has 0 spiro atoms. The van der Waals surface area contributed by atoms with Crippen LogP contribution in [0.1, 0.15) is 5.56 Å². The van der Waals surface area contributed by atoms with Gasteiger partial charge in [-0.3, -0.25) is 4.79 Å². The average Bonchev–Trinajstić information content (AvgIpc) is 2.56. The third kappa shape index (κ3) is 4.79. The number of nitrogens with one attached hydrogen (secondary N) is 1. The molecular formula is C18H16ClNO2. The van der Waals surface area contributed by atoms with Crippen molar-refractivity contribution < 1.29 is 9.53 Å². The van der Waals surface area contributed by atoms with Gasteiger partial charge in [-0.25, -0.2) is 0 Å². The predicted octanol–water partition coefficient (Wildman–Crippen LogP) is 4.47. The number of hydrogen-bond donors (Lipinski definition) is 1. The van der Waals surface area contributed by atoms with Crippen LogP contribution in [0.3, 0.4) is 0 Å². The topological polar surface area (TPSA) is 38.3 Å². The molecule has 0 saturated carbocycles. The second-order valence-electron chi connectivity index (χ2n) is 4.47. The molecular weight excluding hydrogens is 298 g/mol. The lowest BCUT2D eigenvalue weighted by Crippen LogP contribution is -2.11. The normalized spacial score (nSPS) is 11.5. The molecule has 0 aliphatic heterocycles. The molecule has 0 heterocycles. The number of hydrogen-bond acceptors (Lipinski definition) is 2. The van der Waals surface area contributed by atoms with Crippen molar-refractivity contribution in [3.8, 4) is 5.75 Å². The molecule has 0 radical (unpaired) electrons. The number of benzene rings is 2. The molecule has 4 heteroatoms. The fourth-order valence-electron chi connectivity index (χ4n) is 1.75. The molecule has 0 unspecified atom stereocenters. The number of carbonyl (C=O) groups is 1. The lowest BCUT2D eigenvalue weighted by molar-refractivity contribution is -0.112. The highest BCUT2D eigenvalue weighted by atomic mass is 35.5. The minimum absolute atomic E-state index is 0.114. The summed E-state index contributed by atoms with van der Waals surface area (Å²) in [5.74, 6) is 0.370. The number of allylic oxidation sites excluding steroid dienone is 2. The van der Waals surface area contributed by atoms with Crippen LogP contribution in [0.25, 0.3) is 6.08 Å². The first-order valence-corrected chi connectivity index (χ1v) is 7.11. The molecule has 0 fully saturated rings. The Hall–Kier alpha value is -2.52. The standard InChI is InChI=1S/C18H16ClNO2/c1-22-16-12-10-15(11-13-16)20-18(21)17(19)9-5-8-14-6-3-2-4-7-14/h2-13H,1H3,(H,20,21)/b8-5+,17-9-. The maximum Gasteiger partial charge on any atom is 0.267 e. The van der Waals surface area contributed by atoms with Crippen LogP contribution in [0.4, 0.5) is 5.69 Å². The fourth-order valence-corrected chi connectivity index (χ4v) is 1.87. The van der Waals surface area contributed by atoms with Gasteiger partial charge in [0.05, 0.1) is 7.11 Å². The van der Waals surface area contributed by atoms with E-state index in [1.54, 1.807) is 43.5 Å². The first-order valence-electron chi connectivity index (χ1n) is 6.73. The van der Waals surface area contributed by atoms with E-state index in [4.69, 9.17) is 16.3 Å². The van der Waals surface area contributed by atoms with Crippen LogP contribution < -0.4 is 10.1 Å². The highest BCUT2D eigenvalue weighted by molar-refractivity contribution is 6.43. The number of halogens is 1. The Labute approximate surface area is 134 Å². The van der Waals surface area contributed by atoms with Crippen molar-refractivity contribution >= 4 is 29.3 Å². The van der Waals surface area contributed by atoms with E-state index in [-0.39, 0.29) is 10.9 Å². The smallest absolute Gasteiger partial charge is 0.267 e. The Bertz CT molecular complexity index is 676. The molecule has 0 aromatic heterocycles. The minimum Gasteiger partial charge on any atom is -0.497 e. The third-order valence-electron chi connectivity index (χ3n) is 2.90. The molecule has 0 aliphatic carbocycles. The van der Waals surface area contributed by atoms with Crippen molar-refractivity contribution in [1.29, 1.82) is 0 Å². The zero-order valence-electron chi connectivity index (χ0n) is 12.1. The molecule has 2 rings (SSSR count). The van der Waals surface area contributed by atoms with Crippen molar-refractivity contribution in [2.45, 2.75) is 0 Å². The molecule has 3 nitrogen and oxygen atoms in total. The molecule has 0 aliphatic rings. The highest BCUT2D eigenvalue weighted by Gasteiger charge is 2.05. The Morgan fingerprint density at radius 1 is 1.09 bits per heavy atom. The van der Waals surface area contributed by atoms with E-state index < -0.39 is 0 Å². The lowest BCUT2D eigenvalue weighted by atomic mass is 10.2. The van der Waals surface area contributed by atoms with Crippen LogP contribution in [0.2, 0.25) is 0 Å². The summed E-state index contributed by atoms with van der Waals surface area (Å²) >= 11 is 5.98. The van der Waals surface area contributed by atoms with Crippen molar-refractivity contribution in [3.63, 3.8) is 0 Å². The Balaban J connectivity index is 1.96. The maximum atomic E-state index is 11.9. The molecule has 112 valence electrons. The summed E-state index contributed by atoms with van der Waals surface area (Å²) in [4.78, 5) is 11.9. The second kappa shape index (κ2) is 8.05. The van der Waals surface area contributed by atoms with Crippen molar-refractivity contribution in [2.24, 2.45) is 0 Å². The summed E-state index contributed by atoms with van der Waals surface area (Å²) < 4.78 is 5.06. The summed E-state index contributed by atoms with van der Waals surface area (Å²) in [7, 11) is 1.59. The maximum absolute atomic E-state index is 11.9. The molecule has 1 amide bonds. The highest BCUT2D eigenvalue weighted by Crippen LogP contribution is 2.16. The molecule has 2 aromatic rings. The van der Waals surface area contributed by atoms with Crippen molar-refractivity contribution in [2.75, 3.05) is 12.4 Å². The van der Waals surface area contributed by atoms with E-state index in [0.717, 1.165) is 11.3 Å². The average molecular weight is 314 g/mol. The largest absolute Gasteiger partial charge is 0.497 e. The van der Waals surface area contributed by atoms with Gasteiger partial charge in [0.1, 0.15) is 10.8 Å². The third-order valence-corrected chi connectivity index (χ3v) is 3.19. The molecule has 22 heavy (non-hydrogen) atoms. The van der Waals surface area contributed by atoms with Crippen LogP contribution in [0.15, 0.2) is 71.8 Å². The number of anilines is 1. The van der Waals surface area contributed by atoms with Crippen LogP contribution in [-0.2, 0) is 4.79 Å². The van der Waals surface area contributed by atoms with E-state index in [1.165, 1.54) is 0 Å². The first kappa shape index (κ1) is 15.9. The van der Waals surface area contributed by atoms with Gasteiger partial charge in [0.15, 0.2) is 0 Å². The number of amides is 1. The van der Waals surface area contributed by atoms with E-state index in [9.17, 15) is 4.79 Å². The van der Waals surface area contributed by atoms with E-state index >= 15 is 0 Å². The summed E-state index contributed by atoms with van der Waals surface area (Å²) in [6, 6.07) is 16.8.